The van der Waals surface area contributed by atoms with Crippen LogP contribution in [0.25, 0.3) is 0 Å². The first-order chi connectivity index (χ1) is 17.5. The number of hydrogen-bond donors (Lipinski definition) is 3. The predicted octanol–water partition coefficient (Wildman–Crippen LogP) is 3.31. The molecule has 0 spiro atoms. The molecule has 1 saturated heterocycles. The van der Waals surface area contributed by atoms with E-state index in [0.717, 1.165) is 19.6 Å². The molecule has 0 atom stereocenters. The largest absolute Gasteiger partial charge is 0.497 e. The number of ether oxygens (including phenoxy) is 1. The first-order valence-corrected chi connectivity index (χ1v) is 10.9. The number of methoxy groups -OCH3 is 1. The highest BCUT2D eigenvalue weighted by Crippen LogP contribution is 2.26. The molecule has 0 bridgehead atoms. The number of benzene rings is 2. The van der Waals surface area contributed by atoms with Crippen molar-refractivity contribution in [2.45, 2.75) is 12.6 Å². The number of aromatic carboxylic acids is 1. The Hall–Kier alpha value is -4.31. The van der Waals surface area contributed by atoms with Gasteiger partial charge in [-0.3, -0.25) is 9.69 Å². The number of aliphatic carboxylic acids is 1. The third-order valence-corrected chi connectivity index (χ3v) is 5.33. The number of carbonyl (C=O) groups excluding carboxylic acids is 1. The van der Waals surface area contributed by atoms with Gasteiger partial charge in [-0.05, 0) is 42.5 Å². The van der Waals surface area contributed by atoms with Crippen LogP contribution < -0.4 is 15.0 Å². The van der Waals surface area contributed by atoms with Crippen LogP contribution in [0.15, 0.2) is 42.5 Å². The third kappa shape index (κ3) is 8.69. The molecule has 0 aliphatic carbocycles. The molecule has 2 aromatic rings. The van der Waals surface area contributed by atoms with E-state index < -0.39 is 18.1 Å². The summed E-state index contributed by atoms with van der Waals surface area (Å²) in [5.74, 6) is -3.48. The third-order valence-electron chi connectivity index (χ3n) is 5.33. The lowest BCUT2D eigenvalue weighted by molar-refractivity contribution is -0.192. The van der Waals surface area contributed by atoms with Gasteiger partial charge in [-0.1, -0.05) is 0 Å². The Balaban J connectivity index is 0.000000604. The van der Waals surface area contributed by atoms with E-state index in [9.17, 15) is 27.9 Å². The summed E-state index contributed by atoms with van der Waals surface area (Å²) in [5, 5.41) is 28.3. The van der Waals surface area contributed by atoms with E-state index in [1.807, 2.05) is 4.90 Å². The number of carboxylic acids is 2. The second kappa shape index (κ2) is 13.1. The standard InChI is InChI=1S/C22H24N4O4.C2HF3O2/c1-30-18-6-3-16(4-7-18)21(27)24-17-5-8-20(19(15-17)22(28)29)26-13-11-25(12-14-26)10-2-9-23;3-2(4,5)1(6)7/h3-8,15H,2,10-14H2,1H3,(H,24,27)(H,28,29);(H,6,7). The molecule has 0 saturated carbocycles. The molecule has 0 unspecified atom stereocenters. The van der Waals surface area contributed by atoms with Gasteiger partial charge in [0.25, 0.3) is 5.91 Å². The summed E-state index contributed by atoms with van der Waals surface area (Å²) in [7, 11) is 1.55. The molecule has 0 aromatic heterocycles. The Morgan fingerprint density at radius 1 is 1.05 bits per heavy atom. The Kier molecular flexibility index (Phi) is 10.3. The number of carboxylic acid groups (broad SMARTS) is 2. The Labute approximate surface area is 210 Å². The predicted molar refractivity (Wildman–Crippen MR) is 127 cm³/mol. The average molecular weight is 522 g/mol. The number of carbonyl (C=O) groups is 3. The van der Waals surface area contributed by atoms with Crippen LogP contribution in [-0.2, 0) is 4.79 Å². The van der Waals surface area contributed by atoms with Gasteiger partial charge in [0.2, 0.25) is 0 Å². The van der Waals surface area contributed by atoms with Crippen molar-refractivity contribution in [1.82, 2.24) is 4.90 Å². The average Bonchev–Trinajstić information content (AvgIpc) is 2.87. The molecule has 0 radical (unpaired) electrons. The zero-order chi connectivity index (χ0) is 27.6. The number of nitrogens with one attached hydrogen (secondary N) is 1. The first kappa shape index (κ1) is 28.9. The van der Waals surface area contributed by atoms with E-state index in [-0.39, 0.29) is 11.5 Å². The van der Waals surface area contributed by atoms with Gasteiger partial charge in [-0.2, -0.15) is 18.4 Å². The fourth-order valence-corrected chi connectivity index (χ4v) is 3.43. The summed E-state index contributed by atoms with van der Waals surface area (Å²) in [6.45, 7) is 3.65. The molecular formula is C24H25F3N4O6. The SMILES string of the molecule is COc1ccc(C(=O)Nc2ccc(N3CCN(CCC#N)CC3)c(C(=O)O)c2)cc1.O=C(O)C(F)(F)F. The smallest absolute Gasteiger partial charge is 0.490 e. The van der Waals surface area contributed by atoms with E-state index >= 15 is 0 Å². The van der Waals surface area contributed by atoms with Gasteiger partial charge in [-0.15, -0.1) is 0 Å². The molecule has 1 amide bonds. The molecule has 13 heteroatoms. The van der Waals surface area contributed by atoms with Crippen molar-refractivity contribution < 1.29 is 42.5 Å². The van der Waals surface area contributed by atoms with Gasteiger partial charge >= 0.3 is 18.1 Å². The van der Waals surface area contributed by atoms with Crippen LogP contribution in [0.3, 0.4) is 0 Å². The van der Waals surface area contributed by atoms with E-state index in [4.69, 9.17) is 19.9 Å². The van der Waals surface area contributed by atoms with Crippen molar-refractivity contribution in [3.63, 3.8) is 0 Å². The summed E-state index contributed by atoms with van der Waals surface area (Å²) in [5.41, 5.74) is 1.65. The van der Waals surface area contributed by atoms with Crippen molar-refractivity contribution in [1.29, 1.82) is 5.26 Å². The molecule has 198 valence electrons. The summed E-state index contributed by atoms with van der Waals surface area (Å²) >= 11 is 0. The molecule has 37 heavy (non-hydrogen) atoms. The number of rotatable bonds is 7. The number of piperazine rings is 1. The van der Waals surface area contributed by atoms with Crippen molar-refractivity contribution >= 4 is 29.2 Å². The number of nitrogens with zero attached hydrogens (tertiary/aromatic N) is 3. The lowest BCUT2D eigenvalue weighted by atomic mass is 10.1. The topological polar surface area (TPSA) is 143 Å². The molecular weight excluding hydrogens is 497 g/mol. The highest BCUT2D eigenvalue weighted by Gasteiger charge is 2.38. The number of alkyl halides is 3. The molecule has 3 rings (SSSR count). The molecule has 1 heterocycles. The summed E-state index contributed by atoms with van der Waals surface area (Å²) < 4.78 is 36.8. The minimum atomic E-state index is -5.08. The van der Waals surface area contributed by atoms with Crippen LogP contribution in [0.5, 0.6) is 5.75 Å². The molecule has 1 aliphatic rings. The van der Waals surface area contributed by atoms with E-state index in [1.54, 1.807) is 43.5 Å². The maximum Gasteiger partial charge on any atom is 0.490 e. The van der Waals surface area contributed by atoms with Crippen molar-refractivity contribution in [2.24, 2.45) is 0 Å². The van der Waals surface area contributed by atoms with Crippen molar-refractivity contribution in [2.75, 3.05) is 50.1 Å². The van der Waals surface area contributed by atoms with E-state index in [0.29, 0.717) is 42.2 Å². The van der Waals surface area contributed by atoms with Crippen LogP contribution >= 0.6 is 0 Å². The van der Waals surface area contributed by atoms with Crippen molar-refractivity contribution in [3.8, 4) is 11.8 Å². The lowest BCUT2D eigenvalue weighted by Crippen LogP contribution is -2.47. The molecule has 3 N–H and O–H groups in total. The molecule has 10 nitrogen and oxygen atoms in total. The second-order valence-electron chi connectivity index (χ2n) is 7.76. The zero-order valence-corrected chi connectivity index (χ0v) is 19.8. The van der Waals surface area contributed by atoms with Gasteiger partial charge in [0.05, 0.1) is 24.4 Å². The number of hydrogen-bond acceptors (Lipinski definition) is 7. The van der Waals surface area contributed by atoms with Gasteiger partial charge in [0.15, 0.2) is 0 Å². The minimum Gasteiger partial charge on any atom is -0.497 e. The number of halogens is 3. The van der Waals surface area contributed by atoms with Crippen LogP contribution in [0.4, 0.5) is 24.5 Å². The fraction of sp³-hybridized carbons (Fsp3) is 0.333. The maximum atomic E-state index is 12.5. The number of amides is 1. The van der Waals surface area contributed by atoms with Crippen molar-refractivity contribution in [3.05, 3.63) is 53.6 Å². The quantitative estimate of drug-likeness (QED) is 0.499. The molecule has 1 aliphatic heterocycles. The summed E-state index contributed by atoms with van der Waals surface area (Å²) in [6, 6.07) is 13.8. The second-order valence-corrected chi connectivity index (χ2v) is 7.76. The zero-order valence-electron chi connectivity index (χ0n) is 19.8. The number of nitriles is 1. The highest BCUT2D eigenvalue weighted by atomic mass is 19.4. The number of anilines is 2. The Morgan fingerprint density at radius 2 is 1.65 bits per heavy atom. The summed E-state index contributed by atoms with van der Waals surface area (Å²) in [6.07, 6.45) is -4.59. The molecule has 2 aromatic carbocycles. The van der Waals surface area contributed by atoms with E-state index in [1.165, 1.54) is 6.07 Å². The van der Waals surface area contributed by atoms with Gasteiger partial charge in [0.1, 0.15) is 5.75 Å². The first-order valence-electron chi connectivity index (χ1n) is 10.9. The van der Waals surface area contributed by atoms with Gasteiger partial charge in [-0.25, -0.2) is 9.59 Å². The van der Waals surface area contributed by atoms with Crippen LogP contribution in [0.2, 0.25) is 0 Å². The Morgan fingerprint density at radius 3 is 2.14 bits per heavy atom. The van der Waals surface area contributed by atoms with Crippen LogP contribution in [-0.4, -0.2) is 79.0 Å². The minimum absolute atomic E-state index is 0.146. The maximum absolute atomic E-state index is 12.5. The lowest BCUT2D eigenvalue weighted by Gasteiger charge is -2.36. The van der Waals surface area contributed by atoms with Crippen LogP contribution in [0.1, 0.15) is 27.1 Å². The summed E-state index contributed by atoms with van der Waals surface area (Å²) in [4.78, 5) is 37.4. The highest BCUT2D eigenvalue weighted by molar-refractivity contribution is 6.05. The van der Waals surface area contributed by atoms with Gasteiger partial charge in [0, 0.05) is 50.4 Å². The van der Waals surface area contributed by atoms with Gasteiger partial charge < -0.3 is 25.2 Å². The normalized spacial score (nSPS) is 13.5. The van der Waals surface area contributed by atoms with E-state index in [2.05, 4.69) is 16.3 Å². The fourth-order valence-electron chi connectivity index (χ4n) is 3.43. The molecule has 1 fully saturated rings. The monoisotopic (exact) mass is 522 g/mol. The van der Waals surface area contributed by atoms with Crippen LogP contribution in [0, 0.1) is 11.3 Å². The Bertz CT molecular complexity index is 1140.